The van der Waals surface area contributed by atoms with Crippen LogP contribution in [0, 0.1) is 5.41 Å². The van der Waals surface area contributed by atoms with E-state index in [1.807, 2.05) is 12.1 Å². The number of benzene rings is 1. The quantitative estimate of drug-likeness (QED) is 0.872. The van der Waals surface area contributed by atoms with E-state index in [4.69, 9.17) is 16.2 Å². The van der Waals surface area contributed by atoms with Gasteiger partial charge in [0.25, 0.3) is 0 Å². The zero-order valence-electron chi connectivity index (χ0n) is 15.1. The fourth-order valence-electron chi connectivity index (χ4n) is 3.10. The number of nitrogens with zero attached hydrogens (tertiary/aromatic N) is 3. The Labute approximate surface area is 143 Å². The lowest BCUT2D eigenvalue weighted by Crippen LogP contribution is -2.24. The van der Waals surface area contributed by atoms with Gasteiger partial charge in [-0.25, -0.2) is 0 Å². The highest BCUT2D eigenvalue weighted by Gasteiger charge is 2.27. The second-order valence-electron chi connectivity index (χ2n) is 7.90. The third kappa shape index (κ3) is 5.08. The van der Waals surface area contributed by atoms with Crippen LogP contribution in [-0.2, 0) is 12.0 Å². The van der Waals surface area contributed by atoms with Gasteiger partial charge < -0.3 is 16.2 Å². The Balaban J connectivity index is 2.04. The lowest BCUT2D eigenvalue weighted by molar-refractivity contribution is 0.282. The minimum atomic E-state index is 0.0976. The molecule has 0 aliphatic rings. The monoisotopic (exact) mass is 329 g/mol. The summed E-state index contributed by atoms with van der Waals surface area (Å²) < 4.78 is 5.71. The molecule has 0 bridgehead atoms. The van der Waals surface area contributed by atoms with Crippen LogP contribution in [0.1, 0.15) is 52.4 Å². The topological polar surface area (TPSA) is 99.9 Å². The Morgan fingerprint density at radius 2 is 1.42 bits per heavy atom. The number of rotatable bonds is 5. The smallest absolute Gasteiger partial charge is 0.225 e. The summed E-state index contributed by atoms with van der Waals surface area (Å²) in [6, 6.07) is 8.15. The lowest BCUT2D eigenvalue weighted by Gasteiger charge is -2.33. The van der Waals surface area contributed by atoms with E-state index in [2.05, 4.69) is 61.7 Å². The predicted molar refractivity (Wildman–Crippen MR) is 96.5 cm³/mol. The van der Waals surface area contributed by atoms with Crippen molar-refractivity contribution in [2.24, 2.45) is 5.41 Å². The van der Waals surface area contributed by atoms with Crippen LogP contribution in [0.25, 0.3) is 0 Å². The predicted octanol–water partition coefficient (Wildman–Crippen LogP) is 3.33. The number of ether oxygens (including phenoxy) is 1. The maximum absolute atomic E-state index is 5.71. The van der Waals surface area contributed by atoms with Crippen molar-refractivity contribution in [2.45, 2.75) is 53.1 Å². The molecule has 4 N–H and O–H groups in total. The number of nitrogens with two attached hydrogens (primary N) is 2. The molecule has 0 radical (unpaired) electrons. The minimum absolute atomic E-state index is 0.0976. The standard InChI is InChI=1S/C18H27N5O/c1-17(2,3)11-18(4,5)12-6-8-13(9-7-12)24-10-14-21-15(19)23-16(20)22-14/h6-9H,10-11H2,1-5H3,(H4,19,20,21,22,23). The second kappa shape index (κ2) is 6.63. The third-order valence-corrected chi connectivity index (χ3v) is 3.69. The van der Waals surface area contributed by atoms with Gasteiger partial charge in [-0.2, -0.15) is 15.0 Å². The van der Waals surface area contributed by atoms with E-state index in [-0.39, 0.29) is 29.3 Å². The molecule has 0 spiro atoms. The molecule has 1 aromatic heterocycles. The molecule has 0 unspecified atom stereocenters. The fraction of sp³-hybridized carbons (Fsp3) is 0.500. The van der Waals surface area contributed by atoms with Crippen molar-refractivity contribution in [1.82, 2.24) is 15.0 Å². The molecular weight excluding hydrogens is 302 g/mol. The molecule has 0 saturated carbocycles. The third-order valence-electron chi connectivity index (χ3n) is 3.69. The highest BCUT2D eigenvalue weighted by atomic mass is 16.5. The van der Waals surface area contributed by atoms with E-state index in [9.17, 15) is 0 Å². The summed E-state index contributed by atoms with van der Waals surface area (Å²) in [6.45, 7) is 11.5. The summed E-state index contributed by atoms with van der Waals surface area (Å²) in [6.07, 6.45) is 1.10. The molecule has 6 nitrogen and oxygen atoms in total. The molecule has 0 fully saturated rings. The van der Waals surface area contributed by atoms with Crippen molar-refractivity contribution in [3.63, 3.8) is 0 Å². The van der Waals surface area contributed by atoms with Gasteiger partial charge in [0.2, 0.25) is 11.9 Å². The van der Waals surface area contributed by atoms with Gasteiger partial charge in [0.05, 0.1) is 0 Å². The van der Waals surface area contributed by atoms with Gasteiger partial charge in [0, 0.05) is 0 Å². The van der Waals surface area contributed by atoms with Gasteiger partial charge >= 0.3 is 0 Å². The fourth-order valence-corrected chi connectivity index (χ4v) is 3.10. The molecule has 130 valence electrons. The van der Waals surface area contributed by atoms with Crippen LogP contribution in [0.2, 0.25) is 0 Å². The number of hydrogen-bond donors (Lipinski definition) is 2. The highest BCUT2D eigenvalue weighted by molar-refractivity contribution is 5.32. The largest absolute Gasteiger partial charge is 0.486 e. The van der Waals surface area contributed by atoms with Gasteiger partial charge in [-0.1, -0.05) is 46.8 Å². The Morgan fingerprint density at radius 1 is 0.875 bits per heavy atom. The Bertz CT molecular complexity index is 669. The first-order valence-electron chi connectivity index (χ1n) is 8.04. The van der Waals surface area contributed by atoms with Crippen molar-refractivity contribution >= 4 is 11.9 Å². The van der Waals surface area contributed by atoms with Crippen LogP contribution >= 0.6 is 0 Å². The van der Waals surface area contributed by atoms with Crippen molar-refractivity contribution < 1.29 is 4.74 Å². The molecule has 6 heteroatoms. The average Bonchev–Trinajstić information content (AvgIpc) is 2.42. The normalized spacial score (nSPS) is 12.2. The number of anilines is 2. The van der Waals surface area contributed by atoms with Crippen molar-refractivity contribution in [1.29, 1.82) is 0 Å². The summed E-state index contributed by atoms with van der Waals surface area (Å²) in [5.74, 6) is 1.36. The van der Waals surface area contributed by atoms with Crippen LogP contribution < -0.4 is 16.2 Å². The maximum Gasteiger partial charge on any atom is 0.225 e. The number of nitrogen functional groups attached to an aromatic ring is 2. The van der Waals surface area contributed by atoms with Crippen LogP contribution in [0.5, 0.6) is 5.75 Å². The van der Waals surface area contributed by atoms with E-state index in [1.54, 1.807) is 0 Å². The van der Waals surface area contributed by atoms with Crippen molar-refractivity contribution in [3.05, 3.63) is 35.7 Å². The zero-order valence-corrected chi connectivity index (χ0v) is 15.1. The van der Waals surface area contributed by atoms with Gasteiger partial charge in [-0.05, 0) is 34.9 Å². The first-order chi connectivity index (χ1) is 11.0. The van der Waals surface area contributed by atoms with Crippen molar-refractivity contribution in [3.8, 4) is 5.75 Å². The molecule has 2 rings (SSSR count). The van der Waals surface area contributed by atoms with Gasteiger partial charge in [-0.15, -0.1) is 0 Å². The second-order valence-corrected chi connectivity index (χ2v) is 7.90. The molecule has 0 atom stereocenters. The first kappa shape index (κ1) is 18.0. The molecule has 24 heavy (non-hydrogen) atoms. The van der Waals surface area contributed by atoms with E-state index < -0.39 is 0 Å². The van der Waals surface area contributed by atoms with Crippen molar-refractivity contribution in [2.75, 3.05) is 11.5 Å². The number of aromatic nitrogens is 3. The molecule has 0 saturated heterocycles. The molecule has 0 aliphatic heterocycles. The van der Waals surface area contributed by atoms with Crippen LogP contribution in [0.3, 0.4) is 0 Å². The van der Waals surface area contributed by atoms with E-state index in [0.29, 0.717) is 5.82 Å². The molecule has 0 aliphatic carbocycles. The maximum atomic E-state index is 5.71. The summed E-state index contributed by atoms with van der Waals surface area (Å²) in [7, 11) is 0. The molecular formula is C18H27N5O. The summed E-state index contributed by atoms with van der Waals surface area (Å²) in [4.78, 5) is 11.7. The minimum Gasteiger partial charge on any atom is -0.486 e. The summed E-state index contributed by atoms with van der Waals surface area (Å²) in [5.41, 5.74) is 12.8. The van der Waals surface area contributed by atoms with Gasteiger partial charge in [0.15, 0.2) is 5.82 Å². The summed E-state index contributed by atoms with van der Waals surface area (Å²) in [5, 5.41) is 0. The van der Waals surface area contributed by atoms with E-state index in [0.717, 1.165) is 12.2 Å². The highest BCUT2D eigenvalue weighted by Crippen LogP contribution is 2.36. The SMILES string of the molecule is CC(C)(C)CC(C)(C)c1ccc(OCc2nc(N)nc(N)n2)cc1. The Morgan fingerprint density at radius 3 is 1.92 bits per heavy atom. The summed E-state index contributed by atoms with van der Waals surface area (Å²) >= 11 is 0. The van der Waals surface area contributed by atoms with Crippen LogP contribution in [0.4, 0.5) is 11.9 Å². The first-order valence-corrected chi connectivity index (χ1v) is 8.04. The Hall–Kier alpha value is -2.37. The van der Waals surface area contributed by atoms with E-state index >= 15 is 0 Å². The Kier molecular flexibility index (Phi) is 4.96. The molecule has 2 aromatic rings. The molecule has 1 aromatic carbocycles. The van der Waals surface area contributed by atoms with Gasteiger partial charge in [-0.3, -0.25) is 0 Å². The lowest BCUT2D eigenvalue weighted by atomic mass is 9.72. The molecule has 1 heterocycles. The van der Waals surface area contributed by atoms with Crippen LogP contribution in [0.15, 0.2) is 24.3 Å². The van der Waals surface area contributed by atoms with Crippen LogP contribution in [-0.4, -0.2) is 15.0 Å². The average molecular weight is 329 g/mol. The molecule has 0 amide bonds. The van der Waals surface area contributed by atoms with Gasteiger partial charge in [0.1, 0.15) is 12.4 Å². The zero-order chi connectivity index (χ0) is 18.0. The van der Waals surface area contributed by atoms with E-state index in [1.165, 1.54) is 5.56 Å². The number of hydrogen-bond acceptors (Lipinski definition) is 6.